The summed E-state index contributed by atoms with van der Waals surface area (Å²) < 4.78 is 24.9. The number of carbonyl (C=O) groups excluding carboxylic acids is 1. The quantitative estimate of drug-likeness (QED) is 0.644. The van der Waals surface area contributed by atoms with Crippen LogP contribution in [0.3, 0.4) is 0 Å². The van der Waals surface area contributed by atoms with Gasteiger partial charge in [-0.3, -0.25) is 0 Å². The van der Waals surface area contributed by atoms with E-state index in [1.165, 1.54) is 0 Å². The second-order valence-electron chi connectivity index (χ2n) is 6.08. The van der Waals surface area contributed by atoms with Gasteiger partial charge in [-0.25, -0.2) is 27.9 Å². The van der Waals surface area contributed by atoms with Gasteiger partial charge in [-0.1, -0.05) is 20.8 Å². The number of amides is 2. The molecule has 130 valence electrons. The van der Waals surface area contributed by atoms with E-state index in [4.69, 9.17) is 0 Å². The lowest BCUT2D eigenvalue weighted by molar-refractivity contribution is 0.252. The van der Waals surface area contributed by atoms with Crippen molar-refractivity contribution < 1.29 is 13.2 Å². The topological polar surface area (TPSA) is 113 Å². The highest BCUT2D eigenvalue weighted by atomic mass is 32.2. The molecule has 0 radical (unpaired) electrons. The van der Waals surface area contributed by atoms with Crippen molar-refractivity contribution in [1.82, 2.24) is 20.0 Å². The summed E-state index contributed by atoms with van der Waals surface area (Å²) in [5, 5.41) is 5.27. The Morgan fingerprint density at radius 2 is 1.78 bits per heavy atom. The van der Waals surface area contributed by atoms with Crippen LogP contribution >= 0.6 is 0 Å². The van der Waals surface area contributed by atoms with Gasteiger partial charge in [0, 0.05) is 18.5 Å². The van der Waals surface area contributed by atoms with Gasteiger partial charge in [0.25, 0.3) is 0 Å². The van der Waals surface area contributed by atoms with E-state index in [1.807, 2.05) is 20.8 Å². The highest BCUT2D eigenvalue weighted by molar-refractivity contribution is 7.89. The fourth-order valence-electron chi connectivity index (χ4n) is 1.58. The second kappa shape index (κ2) is 8.21. The summed E-state index contributed by atoms with van der Waals surface area (Å²) in [4.78, 5) is 20.1. The predicted octanol–water partition coefficient (Wildman–Crippen LogP) is 1.22. The highest BCUT2D eigenvalue weighted by Crippen LogP contribution is 2.17. The molecule has 23 heavy (non-hydrogen) atoms. The van der Waals surface area contributed by atoms with E-state index < -0.39 is 10.0 Å². The van der Waals surface area contributed by atoms with Gasteiger partial charge in [0.15, 0.2) is 0 Å². The number of hydrogen-bond donors (Lipinski definition) is 3. The van der Waals surface area contributed by atoms with E-state index in [9.17, 15) is 13.2 Å². The van der Waals surface area contributed by atoms with E-state index in [0.717, 1.165) is 0 Å². The molecular weight excluding hydrogens is 318 g/mol. The highest BCUT2D eigenvalue weighted by Gasteiger charge is 2.16. The predicted molar refractivity (Wildman–Crippen MR) is 89.8 cm³/mol. The van der Waals surface area contributed by atoms with Crippen molar-refractivity contribution in [2.24, 2.45) is 0 Å². The zero-order valence-corrected chi connectivity index (χ0v) is 14.8. The molecule has 0 atom stereocenters. The number of urea groups is 1. The van der Waals surface area contributed by atoms with Crippen LogP contribution in [0.25, 0.3) is 0 Å². The zero-order chi connectivity index (χ0) is 17.5. The second-order valence-corrected chi connectivity index (χ2v) is 8.17. The molecule has 0 unspecified atom stereocenters. The van der Waals surface area contributed by atoms with Gasteiger partial charge in [0.2, 0.25) is 10.0 Å². The molecule has 0 saturated carbocycles. The normalized spacial score (nSPS) is 12.0. The number of nitrogens with zero attached hydrogens (tertiary/aromatic N) is 2. The molecular formula is C14H25N5O3S. The first-order chi connectivity index (χ1) is 10.6. The van der Waals surface area contributed by atoms with Crippen LogP contribution in [-0.4, -0.2) is 43.3 Å². The third-order valence-corrected chi connectivity index (χ3v) is 4.33. The monoisotopic (exact) mass is 343 g/mol. The minimum atomic E-state index is -3.18. The summed E-state index contributed by atoms with van der Waals surface area (Å²) in [5.74, 6) is 0.748. The molecule has 0 fully saturated rings. The van der Waals surface area contributed by atoms with Crippen molar-refractivity contribution in [3.63, 3.8) is 0 Å². The summed E-state index contributed by atoms with van der Waals surface area (Å²) in [7, 11) is -3.18. The number of anilines is 1. The Morgan fingerprint density at radius 1 is 1.17 bits per heavy atom. The van der Waals surface area contributed by atoms with Crippen LogP contribution in [0, 0.1) is 0 Å². The number of sulfonamides is 1. The average molecular weight is 343 g/mol. The van der Waals surface area contributed by atoms with Crippen molar-refractivity contribution in [2.45, 2.75) is 39.5 Å². The Hall–Kier alpha value is -1.74. The van der Waals surface area contributed by atoms with Gasteiger partial charge in [0.1, 0.15) is 5.82 Å². The fraction of sp³-hybridized carbons (Fsp3) is 0.643. The minimum Gasteiger partial charge on any atom is -0.338 e. The number of nitrogens with one attached hydrogen (secondary N) is 3. The van der Waals surface area contributed by atoms with E-state index in [2.05, 4.69) is 25.3 Å². The van der Waals surface area contributed by atoms with E-state index >= 15 is 0 Å². The van der Waals surface area contributed by atoms with Crippen molar-refractivity contribution >= 4 is 21.7 Å². The number of carbonyl (C=O) groups is 1. The zero-order valence-electron chi connectivity index (χ0n) is 14.0. The third kappa shape index (κ3) is 7.38. The van der Waals surface area contributed by atoms with Crippen LogP contribution in [-0.2, 0) is 15.4 Å². The maximum absolute atomic E-state index is 11.7. The van der Waals surface area contributed by atoms with Gasteiger partial charge in [0.05, 0.1) is 23.8 Å². The van der Waals surface area contributed by atoms with Crippen LogP contribution in [0.15, 0.2) is 12.4 Å². The SMILES string of the molecule is CCS(=O)(=O)NCCCNC(=O)Nc1cnc(C(C)(C)C)nc1. The molecule has 1 aromatic rings. The Labute approximate surface area is 137 Å². The number of rotatable bonds is 7. The first-order valence-corrected chi connectivity index (χ1v) is 9.14. The molecule has 9 heteroatoms. The van der Waals surface area contributed by atoms with Crippen molar-refractivity contribution in [3.8, 4) is 0 Å². The standard InChI is InChI=1S/C14H25N5O3S/c1-5-23(21,22)18-8-6-7-15-13(20)19-11-9-16-12(17-10-11)14(2,3)4/h9-10,18H,5-8H2,1-4H3,(H2,15,19,20). The Bertz CT molecular complexity index is 608. The molecule has 0 saturated heterocycles. The van der Waals surface area contributed by atoms with Crippen LogP contribution in [0.4, 0.5) is 10.5 Å². The maximum Gasteiger partial charge on any atom is 0.319 e. The molecule has 1 aromatic heterocycles. The van der Waals surface area contributed by atoms with E-state index in [-0.39, 0.29) is 17.2 Å². The summed E-state index contributed by atoms with van der Waals surface area (Å²) in [6.45, 7) is 8.25. The Kier molecular flexibility index (Phi) is 6.89. The Morgan fingerprint density at radius 3 is 2.30 bits per heavy atom. The van der Waals surface area contributed by atoms with Gasteiger partial charge < -0.3 is 10.6 Å². The summed E-state index contributed by atoms with van der Waals surface area (Å²) in [6, 6.07) is -0.379. The van der Waals surface area contributed by atoms with E-state index in [0.29, 0.717) is 31.0 Å². The van der Waals surface area contributed by atoms with Crippen LogP contribution in [0.1, 0.15) is 39.9 Å². The third-order valence-electron chi connectivity index (χ3n) is 2.92. The minimum absolute atomic E-state index is 0.0471. The van der Waals surface area contributed by atoms with Crippen LogP contribution < -0.4 is 15.4 Å². The molecule has 2 amide bonds. The van der Waals surface area contributed by atoms with Crippen molar-refractivity contribution in [3.05, 3.63) is 18.2 Å². The fourth-order valence-corrected chi connectivity index (χ4v) is 2.23. The molecule has 0 spiro atoms. The van der Waals surface area contributed by atoms with Gasteiger partial charge in [-0.15, -0.1) is 0 Å². The lowest BCUT2D eigenvalue weighted by Gasteiger charge is -2.16. The largest absolute Gasteiger partial charge is 0.338 e. The first kappa shape index (κ1) is 19.3. The molecule has 8 nitrogen and oxygen atoms in total. The lowest BCUT2D eigenvalue weighted by atomic mass is 9.96. The van der Waals surface area contributed by atoms with Crippen LogP contribution in [0.5, 0.6) is 0 Å². The Balaban J connectivity index is 2.32. The maximum atomic E-state index is 11.7. The number of hydrogen-bond acceptors (Lipinski definition) is 5. The smallest absolute Gasteiger partial charge is 0.319 e. The molecule has 0 bridgehead atoms. The van der Waals surface area contributed by atoms with Crippen LogP contribution in [0.2, 0.25) is 0 Å². The molecule has 0 aliphatic rings. The summed E-state index contributed by atoms with van der Waals surface area (Å²) in [5.41, 5.74) is 0.356. The van der Waals surface area contributed by atoms with Gasteiger partial charge in [-0.2, -0.15) is 0 Å². The number of aromatic nitrogens is 2. The summed E-state index contributed by atoms with van der Waals surface area (Å²) >= 11 is 0. The molecule has 1 rings (SSSR count). The van der Waals surface area contributed by atoms with Crippen molar-refractivity contribution in [1.29, 1.82) is 0 Å². The first-order valence-electron chi connectivity index (χ1n) is 7.49. The molecule has 1 heterocycles. The van der Waals surface area contributed by atoms with Gasteiger partial charge >= 0.3 is 6.03 Å². The lowest BCUT2D eigenvalue weighted by Crippen LogP contribution is -2.33. The molecule has 0 aliphatic carbocycles. The molecule has 0 aliphatic heterocycles. The van der Waals surface area contributed by atoms with E-state index in [1.54, 1.807) is 19.3 Å². The van der Waals surface area contributed by atoms with Crippen molar-refractivity contribution in [2.75, 3.05) is 24.2 Å². The molecule has 3 N–H and O–H groups in total. The molecule has 0 aromatic carbocycles. The van der Waals surface area contributed by atoms with Gasteiger partial charge in [-0.05, 0) is 13.3 Å². The average Bonchev–Trinajstić information content (AvgIpc) is 2.46. The summed E-state index contributed by atoms with van der Waals surface area (Å²) in [6.07, 6.45) is 3.62.